The van der Waals surface area contributed by atoms with Gasteiger partial charge in [-0.25, -0.2) is 13.8 Å². The molecule has 0 radical (unpaired) electrons. The van der Waals surface area contributed by atoms with Crippen molar-refractivity contribution in [3.8, 4) is 0 Å². The summed E-state index contributed by atoms with van der Waals surface area (Å²) < 4.78 is 33.6. The number of hydrogen-bond acceptors (Lipinski definition) is 6. The summed E-state index contributed by atoms with van der Waals surface area (Å²) in [6, 6.07) is 1.34. The van der Waals surface area contributed by atoms with Crippen LogP contribution in [0.4, 0.5) is 14.6 Å². The number of nitrogens with two attached hydrogens (primary N) is 1. The number of hydrogen-bond donors (Lipinski definition) is 3. The molecule has 0 bridgehead atoms. The van der Waals surface area contributed by atoms with Crippen molar-refractivity contribution in [2.24, 2.45) is 0 Å². The lowest BCUT2D eigenvalue weighted by Gasteiger charge is -2.26. The van der Waals surface area contributed by atoms with Gasteiger partial charge in [0.2, 0.25) is 10.4 Å². The molecule has 4 N–H and O–H groups in total. The first kappa shape index (κ1) is 14.3. The zero-order valence-corrected chi connectivity index (χ0v) is 10.6. The van der Waals surface area contributed by atoms with Crippen LogP contribution in [0.15, 0.2) is 12.3 Å². The predicted molar refractivity (Wildman–Crippen MR) is 64.3 cm³/mol. The standard InChI is InChI=1S/C10H13F2N3O3S/c11-4-10(12)7(17)5(3-16)18-8(10)15-2-1-6(13)14-9(15)19/h1-2,5,7-8,16-17H,3-4H2,(H2,13,14,19). The minimum absolute atomic E-state index is 0.105. The molecule has 0 aliphatic carbocycles. The molecule has 2 heterocycles. The van der Waals surface area contributed by atoms with Gasteiger partial charge in [0.1, 0.15) is 24.7 Å². The van der Waals surface area contributed by atoms with Gasteiger partial charge in [-0.3, -0.25) is 4.57 Å². The van der Waals surface area contributed by atoms with Crippen molar-refractivity contribution in [1.82, 2.24) is 9.55 Å². The number of aliphatic hydroxyl groups excluding tert-OH is 2. The fraction of sp³-hybridized carbons (Fsp3) is 0.600. The quantitative estimate of drug-likeness (QED) is 0.686. The highest BCUT2D eigenvalue weighted by Gasteiger charge is 2.58. The molecule has 1 aliphatic rings. The fourth-order valence-electron chi connectivity index (χ4n) is 2.00. The van der Waals surface area contributed by atoms with Crippen molar-refractivity contribution in [3.63, 3.8) is 0 Å². The molecule has 0 amide bonds. The summed E-state index contributed by atoms with van der Waals surface area (Å²) in [4.78, 5) is 3.74. The molecule has 1 aliphatic heterocycles. The second-order valence-corrected chi connectivity index (χ2v) is 4.62. The molecule has 6 nitrogen and oxygen atoms in total. The lowest BCUT2D eigenvalue weighted by molar-refractivity contribution is -0.0723. The predicted octanol–water partition coefficient (Wildman–Crippen LogP) is 0.123. The monoisotopic (exact) mass is 293 g/mol. The zero-order chi connectivity index (χ0) is 14.2. The molecule has 0 saturated carbocycles. The van der Waals surface area contributed by atoms with Crippen LogP contribution in [-0.2, 0) is 4.74 Å². The molecule has 0 spiro atoms. The molecule has 1 aromatic rings. The Morgan fingerprint density at radius 1 is 1.63 bits per heavy atom. The summed E-state index contributed by atoms with van der Waals surface area (Å²) in [5, 5.41) is 18.7. The van der Waals surface area contributed by atoms with E-state index in [1.165, 1.54) is 12.3 Å². The Kier molecular flexibility index (Phi) is 3.81. The second kappa shape index (κ2) is 5.08. The van der Waals surface area contributed by atoms with E-state index < -0.39 is 37.4 Å². The van der Waals surface area contributed by atoms with E-state index >= 15 is 0 Å². The molecule has 19 heavy (non-hydrogen) atoms. The number of aromatic nitrogens is 2. The SMILES string of the molecule is Nc1ccn(C2OC(CO)C(O)C2(F)CF)c(=S)n1. The van der Waals surface area contributed by atoms with Crippen LogP contribution in [0.2, 0.25) is 0 Å². The van der Waals surface area contributed by atoms with Gasteiger partial charge in [0.25, 0.3) is 0 Å². The number of ether oxygens (including phenoxy) is 1. The third-order valence-electron chi connectivity index (χ3n) is 3.05. The lowest BCUT2D eigenvalue weighted by atomic mass is 9.97. The maximum Gasteiger partial charge on any atom is 0.212 e. The number of nitrogens with zero attached hydrogens (tertiary/aromatic N) is 2. The third-order valence-corrected chi connectivity index (χ3v) is 3.35. The van der Waals surface area contributed by atoms with Crippen molar-refractivity contribution < 1.29 is 23.7 Å². The topological polar surface area (TPSA) is 93.5 Å². The van der Waals surface area contributed by atoms with E-state index in [4.69, 9.17) is 27.8 Å². The van der Waals surface area contributed by atoms with E-state index in [1.807, 2.05) is 0 Å². The largest absolute Gasteiger partial charge is 0.394 e. The Hall–Kier alpha value is -1.16. The van der Waals surface area contributed by atoms with Crippen LogP contribution in [0.1, 0.15) is 6.23 Å². The van der Waals surface area contributed by atoms with E-state index in [1.54, 1.807) is 0 Å². The summed E-state index contributed by atoms with van der Waals surface area (Å²) in [6.07, 6.45) is -3.24. The average molecular weight is 293 g/mol. The summed E-state index contributed by atoms with van der Waals surface area (Å²) in [5.41, 5.74) is 2.71. The van der Waals surface area contributed by atoms with Crippen LogP contribution in [0.3, 0.4) is 0 Å². The van der Waals surface area contributed by atoms with Gasteiger partial charge in [0, 0.05) is 6.20 Å². The van der Waals surface area contributed by atoms with Gasteiger partial charge < -0.3 is 20.7 Å². The molecule has 9 heteroatoms. The lowest BCUT2D eigenvalue weighted by Crippen LogP contribution is -2.45. The van der Waals surface area contributed by atoms with Crippen LogP contribution < -0.4 is 5.73 Å². The second-order valence-electron chi connectivity index (χ2n) is 4.26. The molecule has 1 saturated heterocycles. The molecule has 4 atom stereocenters. The highest BCUT2D eigenvalue weighted by atomic mass is 32.1. The highest BCUT2D eigenvalue weighted by molar-refractivity contribution is 7.71. The molecule has 1 fully saturated rings. The number of aliphatic hydroxyl groups is 2. The number of alkyl halides is 2. The first-order valence-electron chi connectivity index (χ1n) is 5.48. The van der Waals surface area contributed by atoms with E-state index in [0.29, 0.717) is 0 Å². The molecule has 4 unspecified atom stereocenters. The van der Waals surface area contributed by atoms with Crippen molar-refractivity contribution in [1.29, 1.82) is 0 Å². The first-order chi connectivity index (χ1) is 8.93. The number of nitrogen functional groups attached to an aromatic ring is 1. The highest BCUT2D eigenvalue weighted by Crippen LogP contribution is 2.41. The van der Waals surface area contributed by atoms with Gasteiger partial charge in [-0.05, 0) is 18.3 Å². The van der Waals surface area contributed by atoms with E-state index in [2.05, 4.69) is 4.98 Å². The van der Waals surface area contributed by atoms with Crippen molar-refractivity contribution in [2.75, 3.05) is 19.0 Å². The van der Waals surface area contributed by atoms with Crippen LogP contribution in [0.25, 0.3) is 0 Å². The van der Waals surface area contributed by atoms with Gasteiger partial charge >= 0.3 is 0 Å². The van der Waals surface area contributed by atoms with Crippen LogP contribution in [0, 0.1) is 4.77 Å². The average Bonchev–Trinajstić information content (AvgIpc) is 2.63. The molecule has 0 aromatic carbocycles. The Morgan fingerprint density at radius 3 is 2.84 bits per heavy atom. The Bertz CT molecular complexity index is 529. The van der Waals surface area contributed by atoms with Crippen LogP contribution in [0.5, 0.6) is 0 Å². The van der Waals surface area contributed by atoms with E-state index in [0.717, 1.165) is 4.57 Å². The van der Waals surface area contributed by atoms with Gasteiger partial charge in [-0.1, -0.05) is 0 Å². The summed E-state index contributed by atoms with van der Waals surface area (Å²) in [5.74, 6) is 0.128. The van der Waals surface area contributed by atoms with Crippen molar-refractivity contribution in [3.05, 3.63) is 17.0 Å². The Morgan fingerprint density at radius 2 is 2.32 bits per heavy atom. The first-order valence-corrected chi connectivity index (χ1v) is 5.88. The van der Waals surface area contributed by atoms with Crippen molar-refractivity contribution in [2.45, 2.75) is 24.1 Å². The number of halogens is 2. The summed E-state index contributed by atoms with van der Waals surface area (Å²) >= 11 is 4.90. The maximum atomic E-state index is 14.5. The molecular weight excluding hydrogens is 280 g/mol. The molecular formula is C10H13F2N3O3S. The summed E-state index contributed by atoms with van der Waals surface area (Å²) in [6.45, 7) is -2.12. The minimum atomic E-state index is -2.70. The van der Waals surface area contributed by atoms with Gasteiger partial charge in [0.15, 0.2) is 6.23 Å². The van der Waals surface area contributed by atoms with Gasteiger partial charge in [0.05, 0.1) is 6.61 Å². The molecule has 106 valence electrons. The van der Waals surface area contributed by atoms with Crippen molar-refractivity contribution >= 4 is 18.0 Å². The zero-order valence-electron chi connectivity index (χ0n) is 9.74. The smallest absolute Gasteiger partial charge is 0.212 e. The number of rotatable bonds is 3. The minimum Gasteiger partial charge on any atom is -0.394 e. The maximum absolute atomic E-state index is 14.5. The molecule has 1 aromatic heterocycles. The van der Waals surface area contributed by atoms with Crippen LogP contribution >= 0.6 is 12.2 Å². The van der Waals surface area contributed by atoms with E-state index in [9.17, 15) is 13.9 Å². The Balaban J connectivity index is 2.45. The van der Waals surface area contributed by atoms with Gasteiger partial charge in [-0.15, -0.1) is 0 Å². The van der Waals surface area contributed by atoms with Crippen LogP contribution in [-0.4, -0.2) is 50.9 Å². The fourth-order valence-corrected chi connectivity index (χ4v) is 2.26. The normalized spacial score (nSPS) is 34.6. The van der Waals surface area contributed by atoms with E-state index in [-0.39, 0.29) is 10.6 Å². The number of anilines is 1. The molecule has 2 rings (SSSR count). The third kappa shape index (κ3) is 2.22. The summed E-state index contributed by atoms with van der Waals surface area (Å²) in [7, 11) is 0. The Labute approximate surface area is 112 Å². The van der Waals surface area contributed by atoms with Gasteiger partial charge in [-0.2, -0.15) is 0 Å².